The maximum Gasteiger partial charge on any atom is 0.257 e. The summed E-state index contributed by atoms with van der Waals surface area (Å²) < 4.78 is 5.65. The Morgan fingerprint density at radius 1 is 1.16 bits per heavy atom. The lowest BCUT2D eigenvalue weighted by Crippen LogP contribution is -2.39. The number of hydrogen-bond acceptors (Lipinski definition) is 5. The molecule has 1 fully saturated rings. The average Bonchev–Trinajstić information content (AvgIpc) is 2.76. The fourth-order valence-corrected chi connectivity index (χ4v) is 4.09. The van der Waals surface area contributed by atoms with E-state index in [0.717, 1.165) is 35.6 Å². The highest BCUT2D eigenvalue weighted by Gasteiger charge is 2.29. The first-order valence-electron chi connectivity index (χ1n) is 11.1. The minimum Gasteiger partial charge on any atom is -0.493 e. The highest BCUT2D eigenvalue weighted by atomic mass is 16.5. The number of benzene rings is 1. The molecule has 1 aromatic carbocycles. The number of para-hydroxylation sites is 1. The van der Waals surface area contributed by atoms with Crippen molar-refractivity contribution in [2.24, 2.45) is 0 Å². The van der Waals surface area contributed by atoms with Crippen LogP contribution in [0.2, 0.25) is 0 Å². The van der Waals surface area contributed by atoms with Crippen molar-refractivity contribution in [2.75, 3.05) is 26.2 Å². The van der Waals surface area contributed by atoms with Gasteiger partial charge < -0.3 is 15.0 Å². The summed E-state index contributed by atoms with van der Waals surface area (Å²) in [4.78, 5) is 36.6. The molecule has 0 saturated carbocycles. The fraction of sp³-hybridized carbons (Fsp3) is 0.500. The first-order chi connectivity index (χ1) is 14.9. The van der Waals surface area contributed by atoms with Gasteiger partial charge in [-0.1, -0.05) is 12.1 Å². The lowest BCUT2D eigenvalue weighted by Gasteiger charge is -2.32. The Labute approximate surface area is 184 Å². The average molecular weight is 425 g/mol. The van der Waals surface area contributed by atoms with Crippen molar-refractivity contribution in [1.82, 2.24) is 20.2 Å². The molecule has 0 bridgehead atoms. The van der Waals surface area contributed by atoms with E-state index < -0.39 is 0 Å². The third-order valence-corrected chi connectivity index (χ3v) is 5.64. The maximum absolute atomic E-state index is 13.2. The number of likely N-dealkylation sites (N-methyl/N-ethyl adjacent to an activating group) is 1. The lowest BCUT2D eigenvalue weighted by molar-refractivity contribution is -0.120. The van der Waals surface area contributed by atoms with Crippen molar-refractivity contribution in [2.45, 2.75) is 52.9 Å². The molecule has 7 nitrogen and oxygen atoms in total. The van der Waals surface area contributed by atoms with Crippen molar-refractivity contribution in [3.05, 3.63) is 52.6 Å². The Hall–Kier alpha value is -2.96. The molecule has 0 aliphatic carbocycles. The number of carbonyl (C=O) groups is 2. The molecule has 2 heterocycles. The molecule has 2 aromatic rings. The van der Waals surface area contributed by atoms with Crippen LogP contribution in [-0.4, -0.2) is 52.9 Å². The van der Waals surface area contributed by atoms with Gasteiger partial charge in [-0.05, 0) is 52.7 Å². The van der Waals surface area contributed by atoms with Gasteiger partial charge in [0.25, 0.3) is 5.91 Å². The molecule has 1 aromatic heterocycles. The van der Waals surface area contributed by atoms with Gasteiger partial charge in [-0.3, -0.25) is 9.59 Å². The standard InChI is InChI=1S/C24H32N4O3/c1-5-25-22(29)14-20-16(3)26-23(27-17(20)4)18-10-9-13-28(15-18)24(30)19-11-7-8-12-21(19)31-6-2/h7-8,11-12,18H,5-6,9-10,13-15H2,1-4H3,(H,25,29)/t18-/m0/s1. The number of rotatable bonds is 7. The van der Waals surface area contributed by atoms with E-state index in [1.54, 1.807) is 0 Å². The van der Waals surface area contributed by atoms with E-state index in [2.05, 4.69) is 5.32 Å². The molecule has 0 radical (unpaired) electrons. The van der Waals surface area contributed by atoms with Crippen molar-refractivity contribution in [1.29, 1.82) is 0 Å². The van der Waals surface area contributed by atoms with E-state index in [9.17, 15) is 9.59 Å². The Balaban J connectivity index is 1.78. The number of aryl methyl sites for hydroxylation is 2. The van der Waals surface area contributed by atoms with Crippen LogP contribution in [0.5, 0.6) is 5.75 Å². The molecule has 2 amide bonds. The van der Waals surface area contributed by atoms with Gasteiger partial charge in [0.05, 0.1) is 18.6 Å². The monoisotopic (exact) mass is 424 g/mol. The van der Waals surface area contributed by atoms with Crippen LogP contribution in [0.1, 0.15) is 65.7 Å². The molecule has 1 aliphatic heterocycles. The predicted molar refractivity (Wildman–Crippen MR) is 119 cm³/mol. The van der Waals surface area contributed by atoms with Gasteiger partial charge >= 0.3 is 0 Å². The predicted octanol–water partition coefficient (Wildman–Crippen LogP) is 3.19. The first-order valence-corrected chi connectivity index (χ1v) is 11.1. The smallest absolute Gasteiger partial charge is 0.257 e. The van der Waals surface area contributed by atoms with Crippen molar-refractivity contribution >= 4 is 11.8 Å². The molecule has 31 heavy (non-hydrogen) atoms. The Morgan fingerprint density at radius 2 is 1.87 bits per heavy atom. The fourth-order valence-electron chi connectivity index (χ4n) is 4.09. The van der Waals surface area contributed by atoms with Crippen molar-refractivity contribution in [3.63, 3.8) is 0 Å². The number of nitrogens with zero attached hydrogens (tertiary/aromatic N) is 3. The summed E-state index contributed by atoms with van der Waals surface area (Å²) in [6.07, 6.45) is 2.12. The van der Waals surface area contributed by atoms with Gasteiger partial charge in [0.15, 0.2) is 0 Å². The second-order valence-electron chi connectivity index (χ2n) is 7.88. The third-order valence-electron chi connectivity index (χ3n) is 5.64. The number of ether oxygens (including phenoxy) is 1. The van der Waals surface area contributed by atoms with E-state index in [1.165, 1.54) is 0 Å². The summed E-state index contributed by atoms with van der Waals surface area (Å²) in [5, 5.41) is 2.82. The first kappa shape index (κ1) is 22.7. The van der Waals surface area contributed by atoms with Crippen molar-refractivity contribution < 1.29 is 14.3 Å². The topological polar surface area (TPSA) is 84.4 Å². The van der Waals surface area contributed by atoms with Crippen LogP contribution in [0.25, 0.3) is 0 Å². The number of amides is 2. The number of piperidine rings is 1. The Morgan fingerprint density at radius 3 is 2.55 bits per heavy atom. The zero-order valence-corrected chi connectivity index (χ0v) is 18.9. The summed E-state index contributed by atoms with van der Waals surface area (Å²) in [6.45, 7) is 10.1. The summed E-state index contributed by atoms with van der Waals surface area (Å²) in [5.41, 5.74) is 3.14. The van der Waals surface area contributed by atoms with Crippen LogP contribution in [0.15, 0.2) is 24.3 Å². The molecule has 3 rings (SSSR count). The molecule has 166 valence electrons. The normalized spacial score (nSPS) is 16.1. The van der Waals surface area contributed by atoms with Gasteiger partial charge in [0, 0.05) is 42.5 Å². The Kier molecular flexibility index (Phi) is 7.60. The molecular formula is C24H32N4O3. The van der Waals surface area contributed by atoms with Gasteiger partial charge in [-0.2, -0.15) is 0 Å². The molecule has 1 N–H and O–H groups in total. The van der Waals surface area contributed by atoms with Crippen LogP contribution in [0.3, 0.4) is 0 Å². The summed E-state index contributed by atoms with van der Waals surface area (Å²) >= 11 is 0. The minimum atomic E-state index is -0.0209. The Bertz CT molecular complexity index is 921. The zero-order chi connectivity index (χ0) is 22.4. The maximum atomic E-state index is 13.2. The molecule has 1 atom stereocenters. The SMILES string of the molecule is CCNC(=O)Cc1c(C)nc([C@H]2CCCN(C(=O)c3ccccc3OCC)C2)nc1C. The summed E-state index contributed by atoms with van der Waals surface area (Å²) in [7, 11) is 0. The zero-order valence-electron chi connectivity index (χ0n) is 18.9. The molecular weight excluding hydrogens is 392 g/mol. The van der Waals surface area contributed by atoms with Crippen LogP contribution >= 0.6 is 0 Å². The number of aromatic nitrogens is 2. The number of nitrogens with one attached hydrogen (secondary N) is 1. The van der Waals surface area contributed by atoms with E-state index in [1.807, 2.05) is 56.9 Å². The quantitative estimate of drug-likeness (QED) is 0.738. The van der Waals surface area contributed by atoms with Gasteiger partial charge in [-0.25, -0.2) is 9.97 Å². The molecule has 7 heteroatoms. The van der Waals surface area contributed by atoms with Crippen LogP contribution in [0, 0.1) is 13.8 Å². The van der Waals surface area contributed by atoms with Crippen molar-refractivity contribution in [3.8, 4) is 5.75 Å². The highest BCUT2D eigenvalue weighted by molar-refractivity contribution is 5.97. The van der Waals surface area contributed by atoms with E-state index in [4.69, 9.17) is 14.7 Å². The second-order valence-corrected chi connectivity index (χ2v) is 7.88. The molecule has 0 spiro atoms. The van der Waals surface area contributed by atoms with Gasteiger partial charge in [-0.15, -0.1) is 0 Å². The molecule has 0 unspecified atom stereocenters. The van der Waals surface area contributed by atoms with Gasteiger partial charge in [0.1, 0.15) is 11.6 Å². The largest absolute Gasteiger partial charge is 0.493 e. The summed E-state index contributed by atoms with van der Waals surface area (Å²) in [6, 6.07) is 7.39. The van der Waals surface area contributed by atoms with Gasteiger partial charge in [0.2, 0.25) is 5.91 Å². The van der Waals surface area contributed by atoms with Crippen LogP contribution < -0.4 is 10.1 Å². The van der Waals surface area contributed by atoms with Crippen LogP contribution in [-0.2, 0) is 11.2 Å². The summed E-state index contributed by atoms with van der Waals surface area (Å²) in [5.74, 6) is 1.41. The second kappa shape index (κ2) is 10.4. The molecule has 1 aliphatic rings. The number of carbonyl (C=O) groups excluding carboxylic acids is 2. The molecule has 1 saturated heterocycles. The number of likely N-dealkylation sites (tertiary alicyclic amines) is 1. The van der Waals surface area contributed by atoms with E-state index in [-0.39, 0.29) is 24.2 Å². The minimum absolute atomic E-state index is 0.0185. The highest BCUT2D eigenvalue weighted by Crippen LogP contribution is 2.28. The van der Waals surface area contributed by atoms with E-state index >= 15 is 0 Å². The van der Waals surface area contributed by atoms with Crippen LogP contribution in [0.4, 0.5) is 0 Å². The van der Waals surface area contributed by atoms with E-state index in [0.29, 0.717) is 37.6 Å². The number of hydrogen-bond donors (Lipinski definition) is 1. The third kappa shape index (κ3) is 5.40. The lowest BCUT2D eigenvalue weighted by atomic mass is 9.95.